The average molecular weight is 395 g/mol. The van der Waals surface area contributed by atoms with E-state index in [1.165, 1.54) is 22.9 Å². The van der Waals surface area contributed by atoms with Gasteiger partial charge in [0.25, 0.3) is 5.56 Å². The second kappa shape index (κ2) is 7.61. The summed E-state index contributed by atoms with van der Waals surface area (Å²) in [6, 6.07) is 5.83. The first kappa shape index (κ1) is 18.3. The molecule has 1 aromatic carbocycles. The van der Waals surface area contributed by atoms with E-state index in [-0.39, 0.29) is 18.7 Å². The Morgan fingerprint density at radius 1 is 1.14 bits per heavy atom. The van der Waals surface area contributed by atoms with Crippen molar-refractivity contribution >= 4 is 16.6 Å². The second-order valence-electron chi connectivity index (χ2n) is 7.82. The summed E-state index contributed by atoms with van der Waals surface area (Å²) in [5.41, 5.74) is 4.12. The molecule has 1 N–H and O–H groups in total. The molecule has 2 aromatic heterocycles. The highest BCUT2D eigenvalue weighted by Crippen LogP contribution is 2.26. The lowest BCUT2D eigenvalue weighted by Crippen LogP contribution is -2.46. The molecule has 29 heavy (non-hydrogen) atoms. The minimum Gasteiger partial charge on any atom is -0.395 e. The Labute approximate surface area is 168 Å². The van der Waals surface area contributed by atoms with E-state index in [0.29, 0.717) is 10.9 Å². The first-order valence-corrected chi connectivity index (χ1v) is 10.3. The quantitative estimate of drug-likeness (QED) is 0.694. The zero-order valence-electron chi connectivity index (χ0n) is 16.4. The molecule has 2 aliphatic rings. The van der Waals surface area contributed by atoms with Gasteiger partial charge in [0.2, 0.25) is 0 Å². The first-order valence-electron chi connectivity index (χ1n) is 10.3. The maximum atomic E-state index is 12.5. The number of aryl methyl sites for hydroxylation is 1. The molecule has 3 heterocycles. The molecule has 0 bridgehead atoms. The van der Waals surface area contributed by atoms with Crippen molar-refractivity contribution in [3.05, 3.63) is 51.9 Å². The van der Waals surface area contributed by atoms with Gasteiger partial charge in [-0.3, -0.25) is 14.3 Å². The third-order valence-electron chi connectivity index (χ3n) is 6.04. The Kier molecular flexibility index (Phi) is 4.81. The number of anilines is 1. The minimum atomic E-state index is -0.111. The number of aromatic nitrogens is 3. The molecule has 1 saturated heterocycles. The van der Waals surface area contributed by atoms with Crippen molar-refractivity contribution in [1.82, 2.24) is 19.6 Å². The summed E-state index contributed by atoms with van der Waals surface area (Å²) in [6.45, 7) is 4.82. The largest absolute Gasteiger partial charge is 0.395 e. The number of fused-ring (bicyclic) bond motifs is 2. The number of nitrogens with zero attached hydrogens (tertiary/aromatic N) is 5. The molecule has 8 heteroatoms. The van der Waals surface area contributed by atoms with Crippen LogP contribution in [0.2, 0.25) is 0 Å². The van der Waals surface area contributed by atoms with Crippen molar-refractivity contribution in [3.8, 4) is 0 Å². The molecule has 5 rings (SSSR count). The fourth-order valence-electron chi connectivity index (χ4n) is 4.40. The van der Waals surface area contributed by atoms with Crippen LogP contribution in [0.1, 0.15) is 23.4 Å². The number of piperazine rings is 1. The number of aliphatic hydroxyl groups excluding tert-OH is 1. The molecule has 8 nitrogen and oxygen atoms in total. The van der Waals surface area contributed by atoms with E-state index >= 15 is 0 Å². The Morgan fingerprint density at radius 2 is 2.00 bits per heavy atom. The number of aliphatic hydroxyl groups is 1. The lowest BCUT2D eigenvalue weighted by Gasteiger charge is -2.35. The highest BCUT2D eigenvalue weighted by atomic mass is 16.5. The smallest absolute Gasteiger partial charge is 0.261 e. The Bertz CT molecular complexity index is 1080. The van der Waals surface area contributed by atoms with Crippen LogP contribution < -0.4 is 10.5 Å². The summed E-state index contributed by atoms with van der Waals surface area (Å²) in [5.74, 6) is 1.08. The van der Waals surface area contributed by atoms with E-state index in [0.717, 1.165) is 62.7 Å². The van der Waals surface area contributed by atoms with Crippen LogP contribution >= 0.6 is 0 Å². The summed E-state index contributed by atoms with van der Waals surface area (Å²) in [5, 5.41) is 13.9. The molecular weight excluding hydrogens is 370 g/mol. The Balaban J connectivity index is 1.27. The molecule has 0 spiro atoms. The predicted octanol–water partition coefficient (Wildman–Crippen LogP) is 1.19. The molecule has 0 unspecified atom stereocenters. The van der Waals surface area contributed by atoms with E-state index in [1.54, 1.807) is 0 Å². The zero-order chi connectivity index (χ0) is 19.8. The SMILES string of the molecule is O=c1c2ccc(N3CCN(Cc4noc5c4CCC5)CC3)cc2ncn1CCO. The molecular formula is C21H25N5O3. The highest BCUT2D eigenvalue weighted by molar-refractivity contribution is 5.81. The van der Waals surface area contributed by atoms with Gasteiger partial charge >= 0.3 is 0 Å². The summed E-state index contributed by atoms with van der Waals surface area (Å²) < 4.78 is 6.92. The second-order valence-corrected chi connectivity index (χ2v) is 7.82. The van der Waals surface area contributed by atoms with Crippen LogP contribution in [-0.2, 0) is 25.9 Å². The number of rotatable bonds is 5. The molecule has 3 aromatic rings. The molecule has 0 atom stereocenters. The lowest BCUT2D eigenvalue weighted by molar-refractivity contribution is 0.240. The lowest BCUT2D eigenvalue weighted by atomic mass is 10.1. The first-order chi connectivity index (χ1) is 14.2. The van der Waals surface area contributed by atoms with Gasteiger partial charge in [-0.05, 0) is 31.0 Å². The topological polar surface area (TPSA) is 87.6 Å². The van der Waals surface area contributed by atoms with Crippen molar-refractivity contribution in [1.29, 1.82) is 0 Å². The van der Waals surface area contributed by atoms with Crippen LogP contribution in [0, 0.1) is 0 Å². The van der Waals surface area contributed by atoms with E-state index in [9.17, 15) is 4.79 Å². The van der Waals surface area contributed by atoms with Crippen LogP contribution in [0.15, 0.2) is 33.8 Å². The average Bonchev–Trinajstić information content (AvgIpc) is 3.36. The fourth-order valence-corrected chi connectivity index (χ4v) is 4.40. The summed E-state index contributed by atoms with van der Waals surface area (Å²) in [7, 11) is 0. The maximum Gasteiger partial charge on any atom is 0.261 e. The monoisotopic (exact) mass is 395 g/mol. The van der Waals surface area contributed by atoms with E-state index in [4.69, 9.17) is 9.63 Å². The Morgan fingerprint density at radius 3 is 2.83 bits per heavy atom. The van der Waals surface area contributed by atoms with Crippen LogP contribution in [-0.4, -0.2) is 57.5 Å². The molecule has 0 radical (unpaired) electrons. The van der Waals surface area contributed by atoms with Gasteiger partial charge in [-0.2, -0.15) is 0 Å². The Hall–Kier alpha value is -2.71. The van der Waals surface area contributed by atoms with Crippen LogP contribution in [0.4, 0.5) is 5.69 Å². The molecule has 1 aliphatic carbocycles. The maximum absolute atomic E-state index is 12.5. The third-order valence-corrected chi connectivity index (χ3v) is 6.04. The van der Waals surface area contributed by atoms with Gasteiger partial charge in [0.1, 0.15) is 11.5 Å². The van der Waals surface area contributed by atoms with Gasteiger partial charge in [-0.25, -0.2) is 4.98 Å². The van der Waals surface area contributed by atoms with Crippen molar-refractivity contribution in [3.63, 3.8) is 0 Å². The zero-order valence-corrected chi connectivity index (χ0v) is 16.4. The number of hydrogen-bond donors (Lipinski definition) is 1. The van der Waals surface area contributed by atoms with Gasteiger partial charge in [0, 0.05) is 50.4 Å². The molecule has 0 amide bonds. The summed E-state index contributed by atoms with van der Waals surface area (Å²) in [6.07, 6.45) is 4.81. The van der Waals surface area contributed by atoms with Crippen LogP contribution in [0.5, 0.6) is 0 Å². The van der Waals surface area contributed by atoms with Crippen molar-refractivity contribution in [2.24, 2.45) is 0 Å². The van der Waals surface area contributed by atoms with Gasteiger partial charge < -0.3 is 14.5 Å². The van der Waals surface area contributed by atoms with E-state index in [1.807, 2.05) is 18.2 Å². The molecule has 1 fully saturated rings. The molecule has 152 valence electrons. The van der Waals surface area contributed by atoms with Gasteiger partial charge in [0.15, 0.2) is 0 Å². The molecule has 0 saturated carbocycles. The van der Waals surface area contributed by atoms with Gasteiger partial charge in [-0.1, -0.05) is 5.16 Å². The van der Waals surface area contributed by atoms with Crippen molar-refractivity contribution in [2.45, 2.75) is 32.4 Å². The van der Waals surface area contributed by atoms with E-state index in [2.05, 4.69) is 19.9 Å². The fraction of sp³-hybridized carbons (Fsp3) is 0.476. The highest BCUT2D eigenvalue weighted by Gasteiger charge is 2.24. The van der Waals surface area contributed by atoms with Crippen LogP contribution in [0.25, 0.3) is 10.9 Å². The number of hydrogen-bond acceptors (Lipinski definition) is 7. The third kappa shape index (κ3) is 3.42. The summed E-state index contributed by atoms with van der Waals surface area (Å²) >= 11 is 0. The standard InChI is InChI=1S/C21H25N5O3/c27-11-10-26-14-22-18-12-15(4-5-17(18)21(26)28)25-8-6-24(7-9-25)13-19-16-2-1-3-20(16)29-23-19/h4-5,12,14,27H,1-3,6-11,13H2. The summed E-state index contributed by atoms with van der Waals surface area (Å²) in [4.78, 5) is 21.6. The normalized spacial score (nSPS) is 17.2. The predicted molar refractivity (Wildman–Crippen MR) is 109 cm³/mol. The van der Waals surface area contributed by atoms with E-state index < -0.39 is 0 Å². The minimum absolute atomic E-state index is 0.0768. The van der Waals surface area contributed by atoms with Crippen LogP contribution in [0.3, 0.4) is 0 Å². The molecule has 1 aliphatic heterocycles. The number of benzene rings is 1. The van der Waals surface area contributed by atoms with Gasteiger partial charge in [-0.15, -0.1) is 0 Å². The van der Waals surface area contributed by atoms with Crippen molar-refractivity contribution in [2.75, 3.05) is 37.7 Å². The van der Waals surface area contributed by atoms with Crippen molar-refractivity contribution < 1.29 is 9.63 Å². The van der Waals surface area contributed by atoms with Gasteiger partial charge in [0.05, 0.1) is 30.4 Å².